The maximum atomic E-state index is 10.0. The number of ether oxygens (including phenoxy) is 12. The molecule has 0 amide bonds. The van der Waals surface area contributed by atoms with Crippen molar-refractivity contribution < 1.29 is 56.8 Å². The fourth-order valence-electron chi connectivity index (χ4n) is 12.0. The summed E-state index contributed by atoms with van der Waals surface area (Å²) in [4.78, 5) is 3.29. The first-order chi connectivity index (χ1) is 40.0. The molecule has 4 fully saturated rings. The van der Waals surface area contributed by atoms with Crippen molar-refractivity contribution >= 4 is 0 Å². The highest BCUT2D eigenvalue weighted by atomic mass is 16.8. The van der Waals surface area contributed by atoms with Gasteiger partial charge in [-0.1, -0.05) is 212 Å². The van der Waals surface area contributed by atoms with E-state index in [4.69, 9.17) is 56.8 Å². The molecule has 5 aromatic carbocycles. The van der Waals surface area contributed by atoms with E-state index in [1.165, 1.54) is 0 Å². The van der Waals surface area contributed by atoms with Crippen LogP contribution in [0.4, 0.5) is 0 Å². The predicted molar refractivity (Wildman–Crippen MR) is 311 cm³/mol. The first kappa shape index (κ1) is 61.5. The predicted octanol–water partition coefficient (Wildman–Crippen LogP) is 13.0. The Kier molecular flexibility index (Phi) is 23.0. The third-order valence-corrected chi connectivity index (χ3v) is 17.8. The molecule has 8 unspecified atom stereocenters. The Morgan fingerprint density at radius 2 is 0.720 bits per heavy atom. The molecule has 4 heterocycles. The van der Waals surface area contributed by atoms with Crippen molar-refractivity contribution in [1.82, 2.24) is 0 Å². The smallest absolute Gasteiger partial charge is 0.184 e. The van der Waals surface area contributed by atoms with Gasteiger partial charge in [-0.25, -0.2) is 0 Å². The first-order valence-electron chi connectivity index (χ1n) is 29.8. The molecule has 20 atom stereocenters. The summed E-state index contributed by atoms with van der Waals surface area (Å²) in [5.74, 6) is -0.0562. The highest BCUT2D eigenvalue weighted by Crippen LogP contribution is 2.41. The largest absolute Gasteiger partial charge is 0.374 e. The molecule has 15 heteroatoms. The molecular formula is C67H87N3O12. The summed E-state index contributed by atoms with van der Waals surface area (Å²) in [6.45, 7) is 19.8. The maximum Gasteiger partial charge on any atom is 0.184 e. The Hall–Kier alpha value is -5.07. The summed E-state index contributed by atoms with van der Waals surface area (Å²) in [7, 11) is 0. The second-order valence-corrected chi connectivity index (χ2v) is 23.1. The Bertz CT molecular complexity index is 2660. The van der Waals surface area contributed by atoms with E-state index < -0.39 is 67.6 Å². The Morgan fingerprint density at radius 3 is 1.13 bits per heavy atom. The Balaban J connectivity index is 0.955. The number of rotatable bonds is 26. The number of hydrogen-bond acceptors (Lipinski definition) is 13. The minimum Gasteiger partial charge on any atom is -0.374 e. The third kappa shape index (κ3) is 16.0. The number of benzene rings is 5. The molecular weight excluding hydrogens is 1040 g/mol. The van der Waals surface area contributed by atoms with Crippen LogP contribution in [0.3, 0.4) is 0 Å². The molecule has 4 aliphatic heterocycles. The summed E-state index contributed by atoms with van der Waals surface area (Å²) in [5, 5.41) is 4.29. The van der Waals surface area contributed by atoms with Gasteiger partial charge in [0.15, 0.2) is 25.2 Å². The topological polar surface area (TPSA) is 160 Å². The molecule has 0 aromatic heterocycles. The van der Waals surface area contributed by atoms with Crippen LogP contribution in [0.5, 0.6) is 0 Å². The zero-order valence-corrected chi connectivity index (χ0v) is 49.1. The lowest BCUT2D eigenvalue weighted by atomic mass is 9.82. The van der Waals surface area contributed by atoms with Crippen LogP contribution in [0.25, 0.3) is 10.4 Å². The molecule has 5 aromatic rings. The molecule has 0 spiro atoms. The van der Waals surface area contributed by atoms with Crippen LogP contribution in [-0.2, 0) is 89.9 Å². The zero-order chi connectivity index (χ0) is 57.4. The van der Waals surface area contributed by atoms with Gasteiger partial charge in [-0.2, -0.15) is 0 Å². The van der Waals surface area contributed by atoms with E-state index in [0.29, 0.717) is 26.4 Å². The summed E-state index contributed by atoms with van der Waals surface area (Å²) < 4.78 is 82.1. The minimum absolute atomic E-state index is 0.00427. The van der Waals surface area contributed by atoms with Crippen LogP contribution < -0.4 is 0 Å². The van der Waals surface area contributed by atoms with Gasteiger partial charge in [0.2, 0.25) is 0 Å². The standard InChI is InChI=1S/C67H87N3O12/c1-9-55-43(2)46(5)61(72-36-51-27-17-11-18-28-51)65(78-55)76-41-56-44(3)47(6)62(73-37-52-29-19-12-20-30-52)66(79-56)77-42-57-45(4)48(7)63(74-38-53-31-21-13-22-32-53)67(80-57)82-60-49(8)59(69-70-68)64(75-39-54-33-23-14-24-34-54)81-58(60)40-71-35-50-25-15-10-16-26-50/h10-34,43-49,55-67H,9,35-42H2,1-8H3/t43-,44-,45-,46-,47-,48-,49+,55?,56?,57?,58?,59?,60-,61?,62?,63?,64+,65-,66-,67-/m0/s1. The second-order valence-electron chi connectivity index (χ2n) is 23.1. The molecule has 82 heavy (non-hydrogen) atoms. The monoisotopic (exact) mass is 1130 g/mol. The molecule has 0 N–H and O–H groups in total. The molecule has 4 saturated heterocycles. The number of hydrogen-bond donors (Lipinski definition) is 0. The molecule has 0 radical (unpaired) electrons. The van der Waals surface area contributed by atoms with Gasteiger partial charge in [-0.15, -0.1) is 0 Å². The summed E-state index contributed by atoms with van der Waals surface area (Å²) in [6.07, 6.45) is -5.69. The zero-order valence-electron chi connectivity index (χ0n) is 49.1. The fourth-order valence-corrected chi connectivity index (χ4v) is 12.0. The summed E-state index contributed by atoms with van der Waals surface area (Å²) in [6, 6.07) is 49.6. The van der Waals surface area contributed by atoms with E-state index in [1.54, 1.807) is 0 Å². The third-order valence-electron chi connectivity index (χ3n) is 17.8. The van der Waals surface area contributed by atoms with Gasteiger partial charge in [0, 0.05) is 4.91 Å². The van der Waals surface area contributed by atoms with Crippen molar-refractivity contribution in [3.8, 4) is 0 Å². The molecule has 4 aliphatic rings. The van der Waals surface area contributed by atoms with E-state index in [9.17, 15) is 5.53 Å². The quantitative estimate of drug-likeness (QED) is 0.0293. The van der Waals surface area contributed by atoms with Crippen molar-refractivity contribution in [3.05, 3.63) is 190 Å². The van der Waals surface area contributed by atoms with Gasteiger partial charge in [0.1, 0.15) is 24.4 Å². The van der Waals surface area contributed by atoms with Crippen LogP contribution in [-0.4, -0.2) is 99.9 Å². The minimum atomic E-state index is -0.910. The summed E-state index contributed by atoms with van der Waals surface area (Å²) in [5.41, 5.74) is 15.2. The lowest BCUT2D eigenvalue weighted by molar-refractivity contribution is -0.348. The van der Waals surface area contributed by atoms with Crippen LogP contribution in [0.2, 0.25) is 0 Å². The van der Waals surface area contributed by atoms with Gasteiger partial charge in [0.05, 0.1) is 83.3 Å². The van der Waals surface area contributed by atoms with Crippen molar-refractivity contribution in [3.63, 3.8) is 0 Å². The van der Waals surface area contributed by atoms with Gasteiger partial charge < -0.3 is 56.8 Å². The molecule has 9 rings (SSSR count). The van der Waals surface area contributed by atoms with Gasteiger partial charge in [-0.3, -0.25) is 0 Å². The Labute approximate surface area is 486 Å². The molecule has 15 nitrogen and oxygen atoms in total. The van der Waals surface area contributed by atoms with E-state index in [2.05, 4.69) is 82.8 Å². The van der Waals surface area contributed by atoms with E-state index >= 15 is 0 Å². The lowest BCUT2D eigenvalue weighted by Gasteiger charge is -2.49. The number of nitrogens with zero attached hydrogens (tertiary/aromatic N) is 3. The maximum absolute atomic E-state index is 10.0. The van der Waals surface area contributed by atoms with Gasteiger partial charge in [-0.05, 0) is 81.2 Å². The number of azide groups is 1. The SMILES string of the molecule is CCC1O[C@H](OCC2O[C@H](OCC3O[C@@H](O[C@@H]4C(COCc5ccccc5)O[C@@H](OCc5ccccc5)C(N=[N+]=[N-])[C@H]4C)C(OCc4ccccc4)[C@@H](C)[C@@H]3C)C(OCc3ccccc3)[C@@H](C)[C@@H]2C)C(OCc2ccccc2)[C@@H](C)[C@@H]1C. The molecule has 0 aliphatic carbocycles. The van der Waals surface area contributed by atoms with Crippen molar-refractivity contribution in [2.24, 2.45) is 46.5 Å². The molecule has 0 bridgehead atoms. The van der Waals surface area contributed by atoms with Crippen LogP contribution in [0.15, 0.2) is 157 Å². The highest BCUT2D eigenvalue weighted by molar-refractivity contribution is 5.17. The van der Waals surface area contributed by atoms with E-state index in [0.717, 1.165) is 34.2 Å². The van der Waals surface area contributed by atoms with Crippen LogP contribution >= 0.6 is 0 Å². The van der Waals surface area contributed by atoms with Crippen molar-refractivity contribution in [1.29, 1.82) is 0 Å². The van der Waals surface area contributed by atoms with E-state index in [-0.39, 0.29) is 80.2 Å². The highest BCUT2D eigenvalue weighted by Gasteiger charge is 2.51. The first-order valence-corrected chi connectivity index (χ1v) is 29.8. The van der Waals surface area contributed by atoms with Crippen molar-refractivity contribution in [2.45, 2.75) is 175 Å². The fraction of sp³-hybridized carbons (Fsp3) is 0.552. The molecule has 442 valence electrons. The van der Waals surface area contributed by atoms with Gasteiger partial charge in [0.25, 0.3) is 0 Å². The van der Waals surface area contributed by atoms with Crippen LogP contribution in [0, 0.1) is 41.4 Å². The Morgan fingerprint density at radius 1 is 0.366 bits per heavy atom. The molecule has 0 saturated carbocycles. The second kappa shape index (κ2) is 30.7. The average Bonchev–Trinajstić information content (AvgIpc) is 3.25. The average molecular weight is 1130 g/mol. The van der Waals surface area contributed by atoms with Gasteiger partial charge >= 0.3 is 0 Å². The van der Waals surface area contributed by atoms with E-state index in [1.807, 2.05) is 134 Å². The lowest BCUT2D eigenvalue weighted by Crippen LogP contribution is -2.60. The van der Waals surface area contributed by atoms with Crippen molar-refractivity contribution in [2.75, 3.05) is 19.8 Å². The summed E-state index contributed by atoms with van der Waals surface area (Å²) >= 11 is 0. The normalized spacial score (nSPS) is 34.0. The van der Waals surface area contributed by atoms with Crippen LogP contribution in [0.1, 0.15) is 89.6 Å².